The van der Waals surface area contributed by atoms with Crippen LogP contribution >= 0.6 is 11.6 Å². The van der Waals surface area contributed by atoms with Crippen molar-refractivity contribution in [1.29, 1.82) is 0 Å². The molecule has 2 aromatic rings. The molecule has 0 radical (unpaired) electrons. The predicted molar refractivity (Wildman–Crippen MR) is 112 cm³/mol. The summed E-state index contributed by atoms with van der Waals surface area (Å²) in [5.74, 6) is -3.29. The fourth-order valence-corrected chi connectivity index (χ4v) is 4.38. The van der Waals surface area contributed by atoms with Crippen molar-refractivity contribution in [2.24, 2.45) is 5.41 Å². The number of hydrogen-bond donors (Lipinski definition) is 2. The van der Waals surface area contributed by atoms with Gasteiger partial charge in [-0.15, -0.1) is 0 Å². The van der Waals surface area contributed by atoms with Gasteiger partial charge in [-0.2, -0.15) is 0 Å². The van der Waals surface area contributed by atoms with E-state index in [0.717, 1.165) is 18.2 Å². The number of carboxylic acids is 1. The lowest BCUT2D eigenvalue weighted by molar-refractivity contribution is -0.152. The SMILES string of the molecule is O=C1CCc2c(OCC3(C(=O)O)CCN(c4c(F)cc(Cl)cc4F)CC3)ccc(F)c2N1. The number of carbonyl (C=O) groups excluding carboxylic acids is 1. The van der Waals surface area contributed by atoms with Gasteiger partial charge >= 0.3 is 5.97 Å². The zero-order valence-corrected chi connectivity index (χ0v) is 17.6. The molecule has 2 aliphatic heterocycles. The lowest BCUT2D eigenvalue weighted by Crippen LogP contribution is -2.48. The van der Waals surface area contributed by atoms with E-state index in [1.54, 1.807) is 0 Å². The molecule has 1 amide bonds. The Morgan fingerprint density at radius 1 is 1.12 bits per heavy atom. The molecule has 0 aliphatic carbocycles. The first-order chi connectivity index (χ1) is 15.2. The first-order valence-corrected chi connectivity index (χ1v) is 10.4. The van der Waals surface area contributed by atoms with Gasteiger partial charge in [0.25, 0.3) is 0 Å². The van der Waals surface area contributed by atoms with Crippen molar-refractivity contribution in [1.82, 2.24) is 0 Å². The molecule has 6 nitrogen and oxygen atoms in total. The third-order valence-electron chi connectivity index (χ3n) is 6.06. The lowest BCUT2D eigenvalue weighted by atomic mass is 9.79. The molecule has 0 saturated carbocycles. The van der Waals surface area contributed by atoms with Gasteiger partial charge in [0.05, 0.1) is 5.69 Å². The van der Waals surface area contributed by atoms with Crippen LogP contribution in [0.1, 0.15) is 24.8 Å². The Morgan fingerprint density at radius 3 is 2.41 bits per heavy atom. The maximum Gasteiger partial charge on any atom is 0.313 e. The van der Waals surface area contributed by atoms with Crippen molar-refractivity contribution < 1.29 is 32.6 Å². The highest BCUT2D eigenvalue weighted by atomic mass is 35.5. The molecule has 10 heteroatoms. The second-order valence-electron chi connectivity index (χ2n) is 8.03. The van der Waals surface area contributed by atoms with Gasteiger partial charge < -0.3 is 20.1 Å². The summed E-state index contributed by atoms with van der Waals surface area (Å²) in [6.45, 7) is -0.000790. The first kappa shape index (κ1) is 22.3. The van der Waals surface area contributed by atoms with Crippen molar-refractivity contribution >= 4 is 34.9 Å². The van der Waals surface area contributed by atoms with E-state index in [1.165, 1.54) is 11.0 Å². The van der Waals surface area contributed by atoms with Crippen molar-refractivity contribution in [3.05, 3.63) is 52.3 Å². The standard InChI is InChI=1S/C22H20ClF3N2O4/c23-12-9-15(25)20(16(26)10-12)28-7-5-22(6-8-28,21(30)31)11-32-17-3-2-14(24)19-13(17)1-4-18(29)27-19/h2-3,9-10H,1,4-8,11H2,(H,27,29)(H,30,31). The highest BCUT2D eigenvalue weighted by Crippen LogP contribution is 2.39. The molecular weight excluding hydrogens is 449 g/mol. The van der Waals surface area contributed by atoms with Crippen LogP contribution in [0.3, 0.4) is 0 Å². The molecule has 32 heavy (non-hydrogen) atoms. The molecule has 2 aliphatic rings. The Balaban J connectivity index is 1.51. The summed E-state index contributed by atoms with van der Waals surface area (Å²) < 4.78 is 48.4. The summed E-state index contributed by atoms with van der Waals surface area (Å²) in [7, 11) is 0. The number of carboxylic acid groups (broad SMARTS) is 1. The summed E-state index contributed by atoms with van der Waals surface area (Å²) in [4.78, 5) is 25.2. The number of benzene rings is 2. The molecule has 0 bridgehead atoms. The zero-order valence-electron chi connectivity index (χ0n) is 16.9. The average molecular weight is 469 g/mol. The molecule has 0 atom stereocenters. The first-order valence-electron chi connectivity index (χ1n) is 10.1. The maximum absolute atomic E-state index is 14.3. The minimum atomic E-state index is -1.28. The molecular formula is C22H20ClF3N2O4. The van der Waals surface area contributed by atoms with E-state index in [0.29, 0.717) is 11.3 Å². The predicted octanol–water partition coefficient (Wildman–Crippen LogP) is 4.39. The number of amides is 1. The van der Waals surface area contributed by atoms with E-state index in [-0.39, 0.29) is 67.7 Å². The molecule has 2 N–H and O–H groups in total. The number of rotatable bonds is 5. The summed E-state index contributed by atoms with van der Waals surface area (Å²) in [6, 6.07) is 4.59. The summed E-state index contributed by atoms with van der Waals surface area (Å²) in [6.07, 6.45) is 0.620. The van der Waals surface area contributed by atoms with E-state index in [4.69, 9.17) is 16.3 Å². The van der Waals surface area contributed by atoms with E-state index >= 15 is 0 Å². The fraction of sp³-hybridized carbons (Fsp3) is 0.364. The van der Waals surface area contributed by atoms with Crippen LogP contribution in [0.5, 0.6) is 5.75 Å². The third-order valence-corrected chi connectivity index (χ3v) is 6.28. The topological polar surface area (TPSA) is 78.9 Å². The lowest BCUT2D eigenvalue weighted by Gasteiger charge is -2.40. The Kier molecular flexibility index (Phi) is 5.94. The van der Waals surface area contributed by atoms with Crippen molar-refractivity contribution in [2.75, 3.05) is 29.9 Å². The fourth-order valence-electron chi connectivity index (χ4n) is 4.19. The number of piperidine rings is 1. The maximum atomic E-state index is 14.3. The van der Waals surface area contributed by atoms with Gasteiger partial charge in [-0.25, -0.2) is 13.2 Å². The molecule has 4 rings (SSSR count). The average Bonchev–Trinajstić information content (AvgIpc) is 2.74. The number of nitrogens with one attached hydrogen (secondary N) is 1. The van der Waals surface area contributed by atoms with Crippen LogP contribution in [0.25, 0.3) is 0 Å². The van der Waals surface area contributed by atoms with Crippen LogP contribution in [-0.2, 0) is 16.0 Å². The van der Waals surface area contributed by atoms with Gasteiger partial charge in [-0.3, -0.25) is 9.59 Å². The van der Waals surface area contributed by atoms with Crippen molar-refractivity contribution in [2.45, 2.75) is 25.7 Å². The third kappa shape index (κ3) is 4.09. The van der Waals surface area contributed by atoms with Crippen LogP contribution < -0.4 is 15.0 Å². The zero-order chi connectivity index (χ0) is 23.0. The number of hydrogen-bond acceptors (Lipinski definition) is 4. The normalized spacial score (nSPS) is 17.5. The highest BCUT2D eigenvalue weighted by molar-refractivity contribution is 6.30. The van der Waals surface area contributed by atoms with E-state index in [2.05, 4.69) is 5.32 Å². The summed E-state index contributed by atoms with van der Waals surface area (Å²) in [5, 5.41) is 12.3. The summed E-state index contributed by atoms with van der Waals surface area (Å²) >= 11 is 5.68. The monoisotopic (exact) mass is 468 g/mol. The van der Waals surface area contributed by atoms with Gasteiger partial charge in [-0.05, 0) is 43.5 Å². The number of anilines is 2. The highest BCUT2D eigenvalue weighted by Gasteiger charge is 2.43. The molecule has 0 spiro atoms. The number of ether oxygens (including phenoxy) is 1. The Morgan fingerprint density at radius 2 is 1.78 bits per heavy atom. The van der Waals surface area contributed by atoms with Gasteiger partial charge in [0.1, 0.15) is 29.3 Å². The second kappa shape index (κ2) is 8.54. The number of halogens is 4. The molecule has 2 heterocycles. The van der Waals surface area contributed by atoms with Crippen molar-refractivity contribution in [3.8, 4) is 5.75 Å². The quantitative estimate of drug-likeness (QED) is 0.680. The number of fused-ring (bicyclic) bond motifs is 1. The number of carbonyl (C=O) groups is 2. The minimum Gasteiger partial charge on any atom is -0.492 e. The van der Waals surface area contributed by atoms with Gasteiger partial charge in [0, 0.05) is 30.1 Å². The molecule has 1 fully saturated rings. The van der Waals surface area contributed by atoms with Crippen LogP contribution in [0.2, 0.25) is 5.02 Å². The van der Waals surface area contributed by atoms with Crippen LogP contribution in [0.4, 0.5) is 24.5 Å². The molecule has 170 valence electrons. The van der Waals surface area contributed by atoms with E-state index < -0.39 is 28.8 Å². The largest absolute Gasteiger partial charge is 0.492 e. The number of aliphatic carboxylic acids is 1. The van der Waals surface area contributed by atoms with Crippen LogP contribution in [0.15, 0.2) is 24.3 Å². The van der Waals surface area contributed by atoms with Crippen molar-refractivity contribution in [3.63, 3.8) is 0 Å². The van der Waals surface area contributed by atoms with Crippen LogP contribution in [-0.4, -0.2) is 36.7 Å². The molecule has 1 saturated heterocycles. The van der Waals surface area contributed by atoms with Gasteiger partial charge in [0.2, 0.25) is 5.91 Å². The molecule has 0 aromatic heterocycles. The van der Waals surface area contributed by atoms with Crippen LogP contribution in [0, 0.1) is 22.9 Å². The Bertz CT molecular complexity index is 1060. The molecule has 0 unspecified atom stereocenters. The van der Waals surface area contributed by atoms with E-state index in [1.807, 2.05) is 0 Å². The van der Waals surface area contributed by atoms with E-state index in [9.17, 15) is 27.9 Å². The number of nitrogens with zero attached hydrogens (tertiary/aromatic N) is 1. The second-order valence-corrected chi connectivity index (χ2v) is 8.46. The Labute approximate surface area is 186 Å². The smallest absolute Gasteiger partial charge is 0.313 e. The molecule has 2 aromatic carbocycles. The minimum absolute atomic E-state index is 0.0478. The van der Waals surface area contributed by atoms with Gasteiger partial charge in [0.15, 0.2) is 11.6 Å². The summed E-state index contributed by atoms with van der Waals surface area (Å²) in [5.41, 5.74) is -0.994. The Hall–Kier alpha value is -2.94. The van der Waals surface area contributed by atoms with Gasteiger partial charge in [-0.1, -0.05) is 11.6 Å².